The number of hydrogen-bond donors (Lipinski definition) is 2. The topological polar surface area (TPSA) is 110 Å². The lowest BCUT2D eigenvalue weighted by molar-refractivity contribution is -0.141. The van der Waals surface area contributed by atoms with Gasteiger partial charge in [-0.05, 0) is 43.7 Å². The van der Waals surface area contributed by atoms with E-state index in [-0.39, 0.29) is 24.0 Å². The lowest BCUT2D eigenvalue weighted by Crippen LogP contribution is -2.53. The van der Waals surface area contributed by atoms with Gasteiger partial charge in [-0.1, -0.05) is 6.07 Å². The third-order valence-electron chi connectivity index (χ3n) is 8.19. The normalized spacial score (nSPS) is 26.3. The molecule has 0 aromatic carbocycles. The van der Waals surface area contributed by atoms with Gasteiger partial charge < -0.3 is 20.3 Å². The first-order valence-corrected chi connectivity index (χ1v) is 12.8. The number of rotatable bonds is 7. The van der Waals surface area contributed by atoms with Crippen molar-refractivity contribution in [2.24, 2.45) is 11.8 Å². The molecule has 1 aliphatic heterocycles. The number of aromatic nitrogens is 5. The maximum atomic E-state index is 12.9. The highest BCUT2D eigenvalue weighted by Crippen LogP contribution is 2.70. The van der Waals surface area contributed by atoms with Crippen molar-refractivity contribution in [2.45, 2.75) is 57.1 Å². The van der Waals surface area contributed by atoms with Gasteiger partial charge in [0.2, 0.25) is 11.9 Å². The van der Waals surface area contributed by atoms with Gasteiger partial charge in [0.05, 0.1) is 24.0 Å². The molecule has 0 radical (unpaired) electrons. The average molecular weight is 543 g/mol. The van der Waals surface area contributed by atoms with E-state index in [0.29, 0.717) is 41.5 Å². The molecule has 6 rings (SSSR count). The first-order chi connectivity index (χ1) is 18.6. The molecule has 206 valence electrons. The van der Waals surface area contributed by atoms with Crippen molar-refractivity contribution in [1.82, 2.24) is 24.7 Å². The summed E-state index contributed by atoms with van der Waals surface area (Å²) >= 11 is 0. The van der Waals surface area contributed by atoms with Gasteiger partial charge in [-0.2, -0.15) is 23.3 Å². The number of methoxy groups -OCH3 is 1. The summed E-state index contributed by atoms with van der Waals surface area (Å²) in [7, 11) is 3.37. The maximum Gasteiger partial charge on any atom is 0.433 e. The SMILES string of the molecule is CO[C@H](C)C1C(=O)Nc2c(C)nc(NCc3cnn([C@H]4[C@H]5C[C@@H]5[C@@H]4c4ccc(C(F)(F)F)nc4)c3)nc2N1C. The largest absolute Gasteiger partial charge is 0.433 e. The van der Waals surface area contributed by atoms with Crippen LogP contribution in [0.5, 0.6) is 0 Å². The van der Waals surface area contributed by atoms with E-state index in [0.717, 1.165) is 23.6 Å². The number of nitrogens with zero attached hydrogens (tertiary/aromatic N) is 6. The fourth-order valence-corrected chi connectivity index (χ4v) is 6.00. The van der Waals surface area contributed by atoms with Crippen molar-refractivity contribution < 1.29 is 22.7 Å². The number of aryl methyl sites for hydroxylation is 1. The average Bonchev–Trinajstić information content (AvgIpc) is 3.36. The first-order valence-electron chi connectivity index (χ1n) is 12.8. The number of fused-ring (bicyclic) bond motifs is 2. The highest BCUT2D eigenvalue weighted by molar-refractivity contribution is 6.03. The Hall–Kier alpha value is -3.74. The second kappa shape index (κ2) is 9.18. The molecule has 39 heavy (non-hydrogen) atoms. The maximum absolute atomic E-state index is 12.9. The first kappa shape index (κ1) is 25.5. The van der Waals surface area contributed by atoms with Crippen molar-refractivity contribution in [1.29, 1.82) is 0 Å². The Morgan fingerprint density at radius 1 is 1.23 bits per heavy atom. The molecule has 0 spiro atoms. The van der Waals surface area contributed by atoms with E-state index >= 15 is 0 Å². The number of halogens is 3. The van der Waals surface area contributed by atoms with E-state index in [4.69, 9.17) is 4.74 Å². The summed E-state index contributed by atoms with van der Waals surface area (Å²) < 4.78 is 46.1. The summed E-state index contributed by atoms with van der Waals surface area (Å²) in [5.41, 5.74) is 2.09. The Balaban J connectivity index is 1.15. The van der Waals surface area contributed by atoms with Gasteiger partial charge in [-0.15, -0.1) is 0 Å². The molecule has 2 fully saturated rings. The van der Waals surface area contributed by atoms with E-state index in [2.05, 4.69) is 30.7 Å². The number of alkyl halides is 3. The summed E-state index contributed by atoms with van der Waals surface area (Å²) in [6.07, 6.45) is 1.36. The smallest absolute Gasteiger partial charge is 0.379 e. The van der Waals surface area contributed by atoms with Gasteiger partial charge in [0.1, 0.15) is 17.4 Å². The molecule has 4 heterocycles. The van der Waals surface area contributed by atoms with E-state index in [1.165, 1.54) is 6.20 Å². The summed E-state index contributed by atoms with van der Waals surface area (Å²) in [4.78, 5) is 27.3. The van der Waals surface area contributed by atoms with E-state index in [1.807, 2.05) is 31.8 Å². The molecule has 3 aromatic rings. The minimum absolute atomic E-state index is 0.0986. The van der Waals surface area contributed by atoms with Crippen LogP contribution in [0, 0.1) is 18.8 Å². The monoisotopic (exact) mass is 542 g/mol. The van der Waals surface area contributed by atoms with E-state index in [1.54, 1.807) is 24.3 Å². The minimum Gasteiger partial charge on any atom is -0.379 e. The zero-order chi connectivity index (χ0) is 27.6. The number of hydrogen-bond acceptors (Lipinski definition) is 8. The predicted molar refractivity (Wildman–Crippen MR) is 136 cm³/mol. The summed E-state index contributed by atoms with van der Waals surface area (Å²) in [5.74, 6) is 1.91. The zero-order valence-corrected chi connectivity index (χ0v) is 21.9. The number of carbonyl (C=O) groups excluding carboxylic acids is 1. The Morgan fingerprint density at radius 3 is 2.72 bits per heavy atom. The highest BCUT2D eigenvalue weighted by atomic mass is 19.4. The lowest BCUT2D eigenvalue weighted by atomic mass is 9.75. The standard InChI is InChI=1S/C26H29F3N8O2/c1-12-20-23(36(3)21(13(2)39-4)24(38)34-20)35-25(33-12)31-8-14-9-32-37(11-14)22-17-7-16(17)19(22)15-5-6-18(30-10-15)26(27,28)29/h5-6,9-11,13,16-17,19,21-22H,7-8H2,1-4H3,(H,34,38)(H,31,33,35)/t13-,16+,17+,19+,21?,22+/m1/s1. The Kier molecular flexibility index (Phi) is 6.01. The second-order valence-corrected chi connectivity index (χ2v) is 10.6. The Bertz CT molecular complexity index is 1410. The number of pyridine rings is 1. The fraction of sp³-hybridized carbons (Fsp3) is 0.500. The van der Waals surface area contributed by atoms with Crippen molar-refractivity contribution in [3.63, 3.8) is 0 Å². The van der Waals surface area contributed by atoms with Crippen LogP contribution in [0.4, 0.5) is 30.6 Å². The van der Waals surface area contributed by atoms with Crippen LogP contribution in [0.3, 0.4) is 0 Å². The fourth-order valence-electron chi connectivity index (χ4n) is 6.00. The molecule has 3 aromatic heterocycles. The van der Waals surface area contributed by atoms with E-state index < -0.39 is 17.9 Å². The third kappa shape index (κ3) is 4.38. The molecule has 6 atom stereocenters. The van der Waals surface area contributed by atoms with Crippen LogP contribution >= 0.6 is 0 Å². The van der Waals surface area contributed by atoms with Gasteiger partial charge in [0.15, 0.2) is 5.82 Å². The lowest BCUT2D eigenvalue weighted by Gasteiger charge is -2.37. The number of ether oxygens (including phenoxy) is 1. The van der Waals surface area contributed by atoms with Crippen molar-refractivity contribution in [3.8, 4) is 0 Å². The van der Waals surface area contributed by atoms with Crippen molar-refractivity contribution in [3.05, 3.63) is 53.2 Å². The van der Waals surface area contributed by atoms with Gasteiger partial charge in [-0.3, -0.25) is 14.5 Å². The molecular formula is C26H29F3N8O2. The van der Waals surface area contributed by atoms with Crippen LogP contribution in [-0.4, -0.2) is 56.9 Å². The van der Waals surface area contributed by atoms with Gasteiger partial charge >= 0.3 is 6.18 Å². The van der Waals surface area contributed by atoms with E-state index in [9.17, 15) is 18.0 Å². The third-order valence-corrected chi connectivity index (χ3v) is 8.19. The molecule has 1 amide bonds. The number of likely N-dealkylation sites (N-methyl/N-ethyl adjacent to an activating group) is 1. The summed E-state index contributed by atoms with van der Waals surface area (Å²) in [6.45, 7) is 4.08. The van der Waals surface area contributed by atoms with Crippen LogP contribution in [0.2, 0.25) is 0 Å². The van der Waals surface area contributed by atoms with Gasteiger partial charge in [-0.25, -0.2) is 4.98 Å². The van der Waals surface area contributed by atoms with Crippen LogP contribution < -0.4 is 15.5 Å². The van der Waals surface area contributed by atoms with Crippen LogP contribution in [0.15, 0.2) is 30.7 Å². The van der Waals surface area contributed by atoms with Crippen molar-refractivity contribution in [2.75, 3.05) is 29.7 Å². The molecule has 2 N–H and O–H groups in total. The van der Waals surface area contributed by atoms with Crippen molar-refractivity contribution >= 4 is 23.4 Å². The summed E-state index contributed by atoms with van der Waals surface area (Å²) in [5, 5.41) is 10.7. The zero-order valence-electron chi connectivity index (χ0n) is 21.9. The Labute approximate surface area is 223 Å². The molecular weight excluding hydrogens is 513 g/mol. The van der Waals surface area contributed by atoms with Gasteiger partial charge in [0, 0.05) is 44.6 Å². The van der Waals surface area contributed by atoms with Crippen LogP contribution in [0.25, 0.3) is 0 Å². The number of amides is 1. The molecule has 0 saturated heterocycles. The quantitative estimate of drug-likeness (QED) is 0.464. The molecule has 1 unspecified atom stereocenters. The molecule has 10 nitrogen and oxygen atoms in total. The van der Waals surface area contributed by atoms with Gasteiger partial charge in [0.25, 0.3) is 0 Å². The molecule has 3 aliphatic rings. The number of anilines is 3. The Morgan fingerprint density at radius 2 is 2.03 bits per heavy atom. The number of nitrogens with one attached hydrogen (secondary N) is 2. The molecule has 2 aliphatic carbocycles. The predicted octanol–water partition coefficient (Wildman–Crippen LogP) is 3.77. The molecule has 13 heteroatoms. The second-order valence-electron chi connectivity index (χ2n) is 10.6. The van der Waals surface area contributed by atoms with Crippen LogP contribution in [0.1, 0.15) is 47.8 Å². The molecule has 2 saturated carbocycles. The summed E-state index contributed by atoms with van der Waals surface area (Å²) in [6, 6.07) is 2.18. The highest BCUT2D eigenvalue weighted by Gasteiger charge is 2.63. The molecule has 0 bridgehead atoms. The van der Waals surface area contributed by atoms with Crippen LogP contribution in [-0.2, 0) is 22.3 Å². The minimum atomic E-state index is -4.45. The number of carbonyl (C=O) groups is 1.